The molecule has 1 amide bonds. The summed E-state index contributed by atoms with van der Waals surface area (Å²) < 4.78 is 25.1. The molecule has 1 aliphatic heterocycles. The van der Waals surface area contributed by atoms with Gasteiger partial charge in [-0.15, -0.1) is 0 Å². The first-order valence-corrected chi connectivity index (χ1v) is 8.90. The van der Waals surface area contributed by atoms with Crippen LogP contribution in [0.3, 0.4) is 0 Å². The van der Waals surface area contributed by atoms with Gasteiger partial charge >= 0.3 is 0 Å². The average Bonchev–Trinajstić information content (AvgIpc) is 3.12. The summed E-state index contributed by atoms with van der Waals surface area (Å²) in [5, 5.41) is 1.17. The van der Waals surface area contributed by atoms with Crippen LogP contribution in [0.2, 0.25) is 5.02 Å². The highest BCUT2D eigenvalue weighted by Crippen LogP contribution is 2.32. The molecule has 1 fully saturated rings. The summed E-state index contributed by atoms with van der Waals surface area (Å²) in [4.78, 5) is 18.5. The van der Waals surface area contributed by atoms with Crippen LogP contribution in [0.25, 0.3) is 22.2 Å². The Morgan fingerprint density at radius 1 is 1.26 bits per heavy atom. The van der Waals surface area contributed by atoms with Gasteiger partial charge in [0.25, 0.3) is 5.91 Å². The Hall–Kier alpha value is -2.48. The molecule has 0 atom stereocenters. The molecule has 2 aromatic heterocycles. The predicted octanol–water partition coefficient (Wildman–Crippen LogP) is 3.22. The Kier molecular flexibility index (Phi) is 4.82. The number of amides is 1. The van der Waals surface area contributed by atoms with Gasteiger partial charge in [0.05, 0.1) is 30.5 Å². The van der Waals surface area contributed by atoms with E-state index in [9.17, 15) is 9.18 Å². The highest BCUT2D eigenvalue weighted by molar-refractivity contribution is 6.35. The molecule has 1 aromatic carbocycles. The summed E-state index contributed by atoms with van der Waals surface area (Å²) in [5.74, 6) is -0.492. The SMILES string of the molecule is NCc1cc2cc(-c3ccc(F)c(C(=O)N4CCOCC4)n3)cc(Cl)c2o1. The summed E-state index contributed by atoms with van der Waals surface area (Å²) >= 11 is 6.31. The number of furan rings is 1. The van der Waals surface area contributed by atoms with E-state index in [1.54, 1.807) is 17.0 Å². The first-order valence-electron chi connectivity index (χ1n) is 8.53. The van der Waals surface area contributed by atoms with E-state index in [1.807, 2.05) is 6.07 Å². The Bertz CT molecular complexity index is 1010. The van der Waals surface area contributed by atoms with Gasteiger partial charge in [0.15, 0.2) is 17.1 Å². The number of halogens is 2. The van der Waals surface area contributed by atoms with Gasteiger partial charge in [-0.25, -0.2) is 9.37 Å². The van der Waals surface area contributed by atoms with Crippen molar-refractivity contribution in [2.75, 3.05) is 26.3 Å². The van der Waals surface area contributed by atoms with Gasteiger partial charge in [0.2, 0.25) is 0 Å². The zero-order valence-corrected chi connectivity index (χ0v) is 15.1. The quantitative estimate of drug-likeness (QED) is 0.743. The topological polar surface area (TPSA) is 81.6 Å². The molecule has 6 nitrogen and oxygen atoms in total. The smallest absolute Gasteiger partial charge is 0.275 e. The molecule has 4 rings (SSSR count). The van der Waals surface area contributed by atoms with Gasteiger partial charge in [-0.2, -0.15) is 0 Å². The Morgan fingerprint density at radius 3 is 2.78 bits per heavy atom. The van der Waals surface area contributed by atoms with Gasteiger partial charge in [-0.3, -0.25) is 4.79 Å². The lowest BCUT2D eigenvalue weighted by atomic mass is 10.1. The maximum absolute atomic E-state index is 14.3. The number of ether oxygens (including phenoxy) is 1. The van der Waals surface area contributed by atoms with Crippen molar-refractivity contribution < 1.29 is 18.3 Å². The van der Waals surface area contributed by atoms with Gasteiger partial charge in [0.1, 0.15) is 5.76 Å². The third-order valence-electron chi connectivity index (χ3n) is 4.47. The number of fused-ring (bicyclic) bond motifs is 1. The lowest BCUT2D eigenvalue weighted by Gasteiger charge is -2.26. The van der Waals surface area contributed by atoms with Gasteiger partial charge in [-0.1, -0.05) is 11.6 Å². The molecule has 1 aliphatic rings. The largest absolute Gasteiger partial charge is 0.458 e. The van der Waals surface area contributed by atoms with E-state index in [0.29, 0.717) is 53.9 Å². The van der Waals surface area contributed by atoms with E-state index in [1.165, 1.54) is 12.1 Å². The number of nitrogens with two attached hydrogens (primary N) is 1. The average molecular weight is 390 g/mol. The van der Waals surface area contributed by atoms with Crippen LogP contribution in [-0.4, -0.2) is 42.1 Å². The first-order chi connectivity index (χ1) is 13.1. The van der Waals surface area contributed by atoms with Crippen molar-refractivity contribution in [2.24, 2.45) is 5.73 Å². The maximum Gasteiger partial charge on any atom is 0.275 e. The minimum Gasteiger partial charge on any atom is -0.458 e. The van der Waals surface area contributed by atoms with Gasteiger partial charge in [-0.05, 0) is 30.3 Å². The number of hydrogen-bond donors (Lipinski definition) is 1. The first kappa shape index (κ1) is 17.9. The van der Waals surface area contributed by atoms with Gasteiger partial charge < -0.3 is 19.8 Å². The van der Waals surface area contributed by atoms with E-state index in [4.69, 9.17) is 26.5 Å². The molecular weight excluding hydrogens is 373 g/mol. The summed E-state index contributed by atoms with van der Waals surface area (Å²) in [5.41, 5.74) is 7.05. The number of pyridine rings is 1. The minimum absolute atomic E-state index is 0.208. The molecule has 27 heavy (non-hydrogen) atoms. The molecular formula is C19H17ClFN3O3. The fraction of sp³-hybridized carbons (Fsp3) is 0.263. The van der Waals surface area contributed by atoms with Crippen LogP contribution in [0.5, 0.6) is 0 Å². The number of carbonyl (C=O) groups excluding carboxylic acids is 1. The Morgan fingerprint density at radius 2 is 2.04 bits per heavy atom. The molecule has 3 aromatic rings. The minimum atomic E-state index is -0.656. The third-order valence-corrected chi connectivity index (χ3v) is 4.75. The van der Waals surface area contributed by atoms with E-state index >= 15 is 0 Å². The zero-order valence-electron chi connectivity index (χ0n) is 14.4. The second kappa shape index (κ2) is 7.26. The van der Waals surface area contributed by atoms with Crippen molar-refractivity contribution in [1.82, 2.24) is 9.88 Å². The molecule has 0 bridgehead atoms. The number of hydrogen-bond acceptors (Lipinski definition) is 5. The van der Waals surface area contributed by atoms with Crippen LogP contribution in [0.4, 0.5) is 4.39 Å². The van der Waals surface area contributed by atoms with Crippen molar-refractivity contribution in [3.8, 4) is 11.3 Å². The van der Waals surface area contributed by atoms with Crippen LogP contribution >= 0.6 is 11.6 Å². The predicted molar refractivity (Wildman–Crippen MR) is 99.0 cm³/mol. The van der Waals surface area contributed by atoms with Crippen molar-refractivity contribution in [1.29, 1.82) is 0 Å². The number of morpholine rings is 1. The second-order valence-electron chi connectivity index (χ2n) is 6.22. The van der Waals surface area contributed by atoms with Crippen molar-refractivity contribution in [3.05, 3.63) is 52.6 Å². The second-order valence-corrected chi connectivity index (χ2v) is 6.63. The van der Waals surface area contributed by atoms with Crippen LogP contribution < -0.4 is 5.73 Å². The van der Waals surface area contributed by atoms with Crippen LogP contribution in [0.1, 0.15) is 16.2 Å². The molecule has 8 heteroatoms. The monoisotopic (exact) mass is 389 g/mol. The number of aromatic nitrogens is 1. The lowest BCUT2D eigenvalue weighted by molar-refractivity contribution is 0.0296. The highest BCUT2D eigenvalue weighted by Gasteiger charge is 2.23. The van der Waals surface area contributed by atoms with Gasteiger partial charge in [0, 0.05) is 24.0 Å². The van der Waals surface area contributed by atoms with Crippen molar-refractivity contribution >= 4 is 28.5 Å². The molecule has 1 saturated heterocycles. The summed E-state index contributed by atoms with van der Waals surface area (Å²) in [6.07, 6.45) is 0. The molecule has 140 valence electrons. The fourth-order valence-electron chi connectivity index (χ4n) is 3.08. The van der Waals surface area contributed by atoms with E-state index < -0.39 is 11.7 Å². The number of rotatable bonds is 3. The molecule has 0 saturated carbocycles. The lowest BCUT2D eigenvalue weighted by Crippen LogP contribution is -2.41. The van der Waals surface area contributed by atoms with E-state index in [0.717, 1.165) is 5.39 Å². The highest BCUT2D eigenvalue weighted by atomic mass is 35.5. The van der Waals surface area contributed by atoms with Crippen molar-refractivity contribution in [3.63, 3.8) is 0 Å². The van der Waals surface area contributed by atoms with Crippen LogP contribution in [0, 0.1) is 5.82 Å². The number of benzene rings is 1. The summed E-state index contributed by atoms with van der Waals surface area (Å²) in [6.45, 7) is 1.96. The summed E-state index contributed by atoms with van der Waals surface area (Å²) in [7, 11) is 0. The molecule has 3 heterocycles. The van der Waals surface area contributed by atoms with Crippen molar-refractivity contribution in [2.45, 2.75) is 6.54 Å². The Balaban J connectivity index is 1.74. The van der Waals surface area contributed by atoms with E-state index in [2.05, 4.69) is 4.98 Å². The normalized spacial score (nSPS) is 14.7. The molecule has 0 spiro atoms. The molecule has 2 N–H and O–H groups in total. The third kappa shape index (κ3) is 3.41. The Labute approximate surface area is 159 Å². The molecule has 0 aliphatic carbocycles. The fourth-order valence-corrected chi connectivity index (χ4v) is 3.35. The summed E-state index contributed by atoms with van der Waals surface area (Å²) in [6, 6.07) is 8.07. The molecule has 0 radical (unpaired) electrons. The zero-order chi connectivity index (χ0) is 19.0. The number of nitrogens with zero attached hydrogens (tertiary/aromatic N) is 2. The maximum atomic E-state index is 14.3. The van der Waals surface area contributed by atoms with Crippen LogP contribution in [0.15, 0.2) is 34.7 Å². The standard InChI is InChI=1S/C19H17ClFN3O3/c20-14-9-11(7-12-8-13(10-22)27-18(12)14)16-2-1-15(21)17(23-16)19(25)24-3-5-26-6-4-24/h1-2,7-9H,3-6,10,22H2. The van der Waals surface area contributed by atoms with E-state index in [-0.39, 0.29) is 12.2 Å². The molecule has 0 unspecified atom stereocenters. The number of carbonyl (C=O) groups is 1. The van der Waals surface area contributed by atoms with Crippen LogP contribution in [-0.2, 0) is 11.3 Å².